The topological polar surface area (TPSA) is 63.7 Å². The normalized spacial score (nSPS) is 14.7. The number of methoxy groups -OCH3 is 2. The van der Waals surface area contributed by atoms with Crippen LogP contribution in [0.1, 0.15) is 35.5 Å². The largest absolute Gasteiger partial charge is 0.493 e. The van der Waals surface area contributed by atoms with E-state index in [2.05, 4.69) is 20.6 Å². The molecule has 1 aromatic carbocycles. The number of hydrogen-bond donors (Lipinski definition) is 1. The van der Waals surface area contributed by atoms with E-state index in [9.17, 15) is 4.79 Å². The van der Waals surface area contributed by atoms with Gasteiger partial charge in [0.15, 0.2) is 11.5 Å². The maximum absolute atomic E-state index is 12.2. The fraction of sp³-hybridized carbons (Fsp3) is 0.500. The molecule has 2 heterocycles. The molecule has 27 heavy (non-hydrogen) atoms. The summed E-state index contributed by atoms with van der Waals surface area (Å²) in [4.78, 5) is 19.4. The van der Waals surface area contributed by atoms with Gasteiger partial charge in [-0.05, 0) is 43.6 Å². The van der Waals surface area contributed by atoms with Crippen LogP contribution in [0, 0.1) is 0 Å². The van der Waals surface area contributed by atoms with Crippen molar-refractivity contribution in [3.8, 4) is 11.5 Å². The third-order valence-electron chi connectivity index (χ3n) is 4.68. The Kier molecular flexibility index (Phi) is 7.06. The lowest BCUT2D eigenvalue weighted by Gasteiger charge is -2.25. The molecule has 0 bridgehead atoms. The summed E-state index contributed by atoms with van der Waals surface area (Å²) in [6.45, 7) is 3.71. The Balaban J connectivity index is 1.48. The van der Waals surface area contributed by atoms with Crippen LogP contribution in [-0.4, -0.2) is 43.1 Å². The molecule has 7 heteroatoms. The predicted molar refractivity (Wildman–Crippen MR) is 106 cm³/mol. The molecule has 146 valence electrons. The van der Waals surface area contributed by atoms with Gasteiger partial charge in [-0.2, -0.15) is 0 Å². The van der Waals surface area contributed by atoms with Gasteiger partial charge in [0, 0.05) is 11.9 Å². The Hall–Kier alpha value is -2.12. The number of thiazole rings is 1. The van der Waals surface area contributed by atoms with Crippen molar-refractivity contribution >= 4 is 17.2 Å². The van der Waals surface area contributed by atoms with Crippen LogP contribution in [0.25, 0.3) is 0 Å². The van der Waals surface area contributed by atoms with Crippen molar-refractivity contribution in [3.63, 3.8) is 0 Å². The Morgan fingerprint density at radius 2 is 1.96 bits per heavy atom. The third kappa shape index (κ3) is 5.68. The first kappa shape index (κ1) is 19.6. The molecule has 0 spiro atoms. The van der Waals surface area contributed by atoms with Gasteiger partial charge in [-0.3, -0.25) is 9.69 Å². The van der Waals surface area contributed by atoms with Crippen LogP contribution in [0.4, 0.5) is 0 Å². The molecule has 1 fully saturated rings. The zero-order chi connectivity index (χ0) is 19.1. The molecule has 0 atom stereocenters. The first-order chi connectivity index (χ1) is 13.2. The summed E-state index contributed by atoms with van der Waals surface area (Å²) in [5.74, 6) is 1.26. The fourth-order valence-electron chi connectivity index (χ4n) is 3.26. The zero-order valence-corrected chi connectivity index (χ0v) is 16.8. The van der Waals surface area contributed by atoms with Gasteiger partial charge < -0.3 is 14.8 Å². The number of ether oxygens (including phenoxy) is 2. The van der Waals surface area contributed by atoms with Crippen LogP contribution in [0.3, 0.4) is 0 Å². The second-order valence-corrected chi connectivity index (χ2v) is 7.65. The summed E-state index contributed by atoms with van der Waals surface area (Å²) < 4.78 is 10.5. The zero-order valence-electron chi connectivity index (χ0n) is 16.0. The number of hydrogen-bond acceptors (Lipinski definition) is 6. The summed E-state index contributed by atoms with van der Waals surface area (Å²) in [6, 6.07) is 5.52. The van der Waals surface area contributed by atoms with Gasteiger partial charge >= 0.3 is 0 Å². The molecular weight excluding hydrogens is 362 g/mol. The molecule has 1 amide bonds. The molecule has 2 aromatic rings. The monoisotopic (exact) mass is 389 g/mol. The van der Waals surface area contributed by atoms with E-state index in [1.807, 2.05) is 18.2 Å². The van der Waals surface area contributed by atoms with Gasteiger partial charge in [0.2, 0.25) is 5.91 Å². The third-order valence-corrected chi connectivity index (χ3v) is 5.58. The quantitative estimate of drug-likeness (QED) is 0.752. The van der Waals surface area contributed by atoms with Gasteiger partial charge in [-0.15, -0.1) is 11.3 Å². The molecule has 0 aliphatic carbocycles. The summed E-state index contributed by atoms with van der Waals surface area (Å²) in [7, 11) is 3.18. The maximum Gasteiger partial charge on any atom is 0.224 e. The predicted octanol–water partition coefficient (Wildman–Crippen LogP) is 3.01. The first-order valence-electron chi connectivity index (χ1n) is 9.31. The van der Waals surface area contributed by atoms with E-state index in [4.69, 9.17) is 9.47 Å². The summed E-state index contributed by atoms with van der Waals surface area (Å²) in [5.41, 5.74) is 1.99. The molecule has 1 N–H and O–H groups in total. The molecule has 1 saturated heterocycles. The first-order valence-corrected chi connectivity index (χ1v) is 10.2. The van der Waals surface area contributed by atoms with E-state index in [1.165, 1.54) is 19.3 Å². The molecule has 0 radical (unpaired) electrons. The van der Waals surface area contributed by atoms with Crippen LogP contribution in [0.15, 0.2) is 23.6 Å². The van der Waals surface area contributed by atoms with Crippen LogP contribution in [0.5, 0.6) is 11.5 Å². The lowest BCUT2D eigenvalue weighted by atomic mass is 10.1. The van der Waals surface area contributed by atoms with Crippen LogP contribution >= 0.6 is 11.3 Å². The van der Waals surface area contributed by atoms with Gasteiger partial charge in [0.1, 0.15) is 5.01 Å². The maximum atomic E-state index is 12.2. The van der Waals surface area contributed by atoms with E-state index in [0.29, 0.717) is 24.5 Å². The molecule has 1 aromatic heterocycles. The van der Waals surface area contributed by atoms with Crippen LogP contribution in [0.2, 0.25) is 0 Å². The van der Waals surface area contributed by atoms with Crippen molar-refractivity contribution in [1.82, 2.24) is 15.2 Å². The highest BCUT2D eigenvalue weighted by Gasteiger charge is 2.13. The molecule has 0 saturated carbocycles. The molecule has 6 nitrogen and oxygen atoms in total. The Morgan fingerprint density at radius 1 is 1.19 bits per heavy atom. The van der Waals surface area contributed by atoms with Crippen molar-refractivity contribution in [2.45, 2.75) is 38.8 Å². The molecular formula is C20H27N3O3S. The Morgan fingerprint density at radius 3 is 2.70 bits per heavy atom. The van der Waals surface area contributed by atoms with Gasteiger partial charge in [0.25, 0.3) is 0 Å². The lowest BCUT2D eigenvalue weighted by Crippen LogP contribution is -2.29. The number of rotatable bonds is 8. The van der Waals surface area contributed by atoms with Crippen molar-refractivity contribution in [2.24, 2.45) is 0 Å². The Bertz CT molecular complexity index is 757. The number of piperidine rings is 1. The average molecular weight is 390 g/mol. The second-order valence-electron chi connectivity index (χ2n) is 6.71. The van der Waals surface area contributed by atoms with Gasteiger partial charge in [-0.1, -0.05) is 12.5 Å². The van der Waals surface area contributed by atoms with Crippen molar-refractivity contribution in [1.29, 1.82) is 0 Å². The van der Waals surface area contributed by atoms with Crippen LogP contribution < -0.4 is 14.8 Å². The van der Waals surface area contributed by atoms with Crippen molar-refractivity contribution in [2.75, 3.05) is 27.3 Å². The summed E-state index contributed by atoms with van der Waals surface area (Å²) >= 11 is 1.61. The SMILES string of the molecule is COc1ccc(CC(=O)NCc2nc(CN3CCCCC3)cs2)cc1OC. The van der Waals surface area contributed by atoms with E-state index >= 15 is 0 Å². The number of nitrogens with one attached hydrogen (secondary N) is 1. The van der Waals surface area contributed by atoms with Gasteiger partial charge in [0.05, 0.1) is 32.9 Å². The highest BCUT2D eigenvalue weighted by molar-refractivity contribution is 7.09. The minimum absolute atomic E-state index is 0.0324. The Labute approximate surface area is 164 Å². The number of amides is 1. The van der Waals surface area contributed by atoms with Crippen LogP contribution in [-0.2, 0) is 24.3 Å². The minimum atomic E-state index is -0.0324. The smallest absolute Gasteiger partial charge is 0.224 e. The number of carbonyl (C=O) groups is 1. The molecule has 0 unspecified atom stereocenters. The minimum Gasteiger partial charge on any atom is -0.493 e. The van der Waals surface area contributed by atoms with Crippen molar-refractivity contribution in [3.05, 3.63) is 39.8 Å². The number of benzene rings is 1. The lowest BCUT2D eigenvalue weighted by molar-refractivity contribution is -0.120. The highest BCUT2D eigenvalue weighted by atomic mass is 32.1. The fourth-order valence-corrected chi connectivity index (χ4v) is 3.99. The number of likely N-dealkylation sites (tertiary alicyclic amines) is 1. The van der Waals surface area contributed by atoms with E-state index in [1.54, 1.807) is 25.6 Å². The highest BCUT2D eigenvalue weighted by Crippen LogP contribution is 2.27. The number of carbonyl (C=O) groups excluding carboxylic acids is 1. The van der Waals surface area contributed by atoms with E-state index in [-0.39, 0.29) is 5.91 Å². The van der Waals surface area contributed by atoms with Gasteiger partial charge in [-0.25, -0.2) is 4.98 Å². The molecule has 1 aliphatic heterocycles. The number of nitrogens with zero attached hydrogens (tertiary/aromatic N) is 2. The van der Waals surface area contributed by atoms with E-state index in [0.717, 1.165) is 35.9 Å². The second kappa shape index (κ2) is 9.71. The average Bonchev–Trinajstić information content (AvgIpc) is 3.14. The molecule has 3 rings (SSSR count). The molecule has 1 aliphatic rings. The summed E-state index contributed by atoms with van der Waals surface area (Å²) in [6.07, 6.45) is 4.20. The van der Waals surface area contributed by atoms with Crippen molar-refractivity contribution < 1.29 is 14.3 Å². The van der Waals surface area contributed by atoms with E-state index < -0.39 is 0 Å². The number of aromatic nitrogens is 1. The summed E-state index contributed by atoms with van der Waals surface area (Å²) in [5, 5.41) is 6.00. The standard InChI is InChI=1S/C20H27N3O3S/c1-25-17-7-6-15(10-18(17)26-2)11-19(24)21-12-20-22-16(14-27-20)13-23-8-4-3-5-9-23/h6-7,10,14H,3-5,8-9,11-13H2,1-2H3,(H,21,24).